The van der Waals surface area contributed by atoms with E-state index >= 15 is 0 Å². The van der Waals surface area contributed by atoms with Crippen molar-refractivity contribution in [3.05, 3.63) is 0 Å². The van der Waals surface area contributed by atoms with Gasteiger partial charge in [-0.25, -0.2) is 4.57 Å². The average Bonchev–Trinajstić information content (AvgIpc) is 2.09. The van der Waals surface area contributed by atoms with Gasteiger partial charge in [-0.15, -0.1) is 0 Å². The van der Waals surface area contributed by atoms with E-state index in [-0.39, 0.29) is 0 Å². The van der Waals surface area contributed by atoms with E-state index < -0.39 is 26.6 Å². The van der Waals surface area contributed by atoms with Gasteiger partial charge in [-0.2, -0.15) is 0 Å². The molecule has 4 N–H and O–H groups in total. The quantitative estimate of drug-likeness (QED) is 0.457. The monoisotopic (exact) mass is 228 g/mol. The van der Waals surface area contributed by atoms with Gasteiger partial charge in [-0.1, -0.05) is 19.8 Å². The van der Waals surface area contributed by atoms with E-state index in [1.807, 2.05) is 6.92 Å². The largest absolute Gasteiger partial charge is 0.469 e. The Morgan fingerprint density at radius 3 is 2.29 bits per heavy atom. The molecule has 0 bridgehead atoms. The number of hydrogen-bond acceptors (Lipinski definition) is 4. The molecule has 0 saturated heterocycles. The highest BCUT2D eigenvalue weighted by Gasteiger charge is 2.21. The molecule has 0 amide bonds. The van der Waals surface area contributed by atoms with Crippen LogP contribution in [0.25, 0.3) is 0 Å². The van der Waals surface area contributed by atoms with E-state index in [0.717, 1.165) is 12.8 Å². The SMILES string of the molecule is CCCCC(O)[C@@H](O)COP(=O)(O)O. The van der Waals surface area contributed by atoms with Gasteiger partial charge in [0.15, 0.2) is 0 Å². The van der Waals surface area contributed by atoms with E-state index in [0.29, 0.717) is 6.42 Å². The third-order valence-corrected chi connectivity index (χ3v) is 2.20. The van der Waals surface area contributed by atoms with Gasteiger partial charge in [0.2, 0.25) is 0 Å². The minimum Gasteiger partial charge on any atom is -0.390 e. The molecule has 2 atom stereocenters. The molecule has 0 fully saturated rings. The van der Waals surface area contributed by atoms with Crippen LogP contribution in [0.3, 0.4) is 0 Å². The highest BCUT2D eigenvalue weighted by Crippen LogP contribution is 2.35. The zero-order chi connectivity index (χ0) is 11.2. The summed E-state index contributed by atoms with van der Waals surface area (Å²) in [4.78, 5) is 16.6. The normalized spacial score (nSPS) is 16.6. The number of hydrogen-bond donors (Lipinski definition) is 4. The fraction of sp³-hybridized carbons (Fsp3) is 1.00. The van der Waals surface area contributed by atoms with Gasteiger partial charge in [0.25, 0.3) is 0 Å². The van der Waals surface area contributed by atoms with Crippen molar-refractivity contribution in [1.82, 2.24) is 0 Å². The summed E-state index contributed by atoms with van der Waals surface area (Å²) in [5.41, 5.74) is 0. The van der Waals surface area contributed by atoms with Crippen molar-refractivity contribution < 1.29 is 29.1 Å². The Morgan fingerprint density at radius 2 is 1.86 bits per heavy atom. The van der Waals surface area contributed by atoms with E-state index in [9.17, 15) is 14.8 Å². The Kier molecular flexibility index (Phi) is 6.52. The van der Waals surface area contributed by atoms with Crippen LogP contribution in [-0.4, -0.2) is 38.8 Å². The summed E-state index contributed by atoms with van der Waals surface area (Å²) in [6.45, 7) is 1.38. The van der Waals surface area contributed by atoms with E-state index in [1.54, 1.807) is 0 Å². The number of aliphatic hydroxyl groups is 2. The molecule has 0 heterocycles. The van der Waals surface area contributed by atoms with Crippen molar-refractivity contribution in [3.63, 3.8) is 0 Å². The molecule has 1 unspecified atom stereocenters. The molecule has 7 heteroatoms. The fourth-order valence-corrected chi connectivity index (χ4v) is 1.24. The van der Waals surface area contributed by atoms with Crippen LogP contribution in [0.1, 0.15) is 26.2 Å². The number of unbranched alkanes of at least 4 members (excludes halogenated alkanes) is 1. The molecule has 0 saturated carbocycles. The van der Waals surface area contributed by atoms with Crippen molar-refractivity contribution in [2.75, 3.05) is 6.61 Å². The maximum Gasteiger partial charge on any atom is 0.469 e. The van der Waals surface area contributed by atoms with Crippen molar-refractivity contribution in [2.45, 2.75) is 38.4 Å². The van der Waals surface area contributed by atoms with E-state index in [1.165, 1.54) is 0 Å². The molecule has 0 aromatic heterocycles. The summed E-state index contributed by atoms with van der Waals surface area (Å²) in [5, 5.41) is 18.5. The first-order valence-corrected chi connectivity index (χ1v) is 5.96. The molecule has 14 heavy (non-hydrogen) atoms. The van der Waals surface area contributed by atoms with Crippen LogP contribution in [0.15, 0.2) is 0 Å². The number of phosphoric ester groups is 1. The molecule has 0 aliphatic rings. The van der Waals surface area contributed by atoms with Gasteiger partial charge in [0.05, 0.1) is 12.7 Å². The molecule has 6 nitrogen and oxygen atoms in total. The van der Waals surface area contributed by atoms with Crippen LogP contribution >= 0.6 is 7.82 Å². The van der Waals surface area contributed by atoms with Gasteiger partial charge >= 0.3 is 7.82 Å². The minimum absolute atomic E-state index is 0.391. The molecule has 0 aliphatic heterocycles. The second-order valence-electron chi connectivity index (χ2n) is 3.06. The molecule has 0 spiro atoms. The Bertz CT molecular complexity index is 191. The molecule has 0 radical (unpaired) electrons. The number of aliphatic hydroxyl groups excluding tert-OH is 2. The Labute approximate surface area is 82.8 Å². The van der Waals surface area contributed by atoms with E-state index in [2.05, 4.69) is 4.52 Å². The molecule has 86 valence electrons. The average molecular weight is 228 g/mol. The van der Waals surface area contributed by atoms with Crippen LogP contribution in [0.2, 0.25) is 0 Å². The molecular formula is C7H17O6P. The maximum atomic E-state index is 10.3. The van der Waals surface area contributed by atoms with E-state index in [4.69, 9.17) is 9.79 Å². The predicted octanol–water partition coefficient (Wildman–Crippen LogP) is 0.00770. The molecule has 0 aliphatic carbocycles. The summed E-state index contributed by atoms with van der Waals surface area (Å²) in [6.07, 6.45) is -0.241. The number of rotatable bonds is 7. The summed E-state index contributed by atoms with van der Waals surface area (Å²) in [5.74, 6) is 0. The lowest BCUT2D eigenvalue weighted by Gasteiger charge is -2.17. The molecular weight excluding hydrogens is 211 g/mol. The zero-order valence-electron chi connectivity index (χ0n) is 8.04. The third-order valence-electron chi connectivity index (χ3n) is 1.71. The maximum absolute atomic E-state index is 10.3. The van der Waals surface area contributed by atoms with Crippen molar-refractivity contribution in [1.29, 1.82) is 0 Å². The Hall–Kier alpha value is 0.0300. The second kappa shape index (κ2) is 6.50. The number of phosphoric acid groups is 1. The summed E-state index contributed by atoms with van der Waals surface area (Å²) in [6, 6.07) is 0. The lowest BCUT2D eigenvalue weighted by atomic mass is 10.1. The smallest absolute Gasteiger partial charge is 0.390 e. The standard InChI is InChI=1S/C7H17O6P/c1-2-3-4-6(8)7(9)5-13-14(10,11)12/h6-9H,2-5H2,1H3,(H2,10,11,12)/t6?,7-/m0/s1. The Morgan fingerprint density at radius 1 is 1.29 bits per heavy atom. The van der Waals surface area contributed by atoms with Gasteiger partial charge < -0.3 is 20.0 Å². The first-order valence-electron chi connectivity index (χ1n) is 4.43. The van der Waals surface area contributed by atoms with Gasteiger partial charge in [0.1, 0.15) is 6.10 Å². The predicted molar refractivity (Wildman–Crippen MR) is 49.5 cm³/mol. The van der Waals surface area contributed by atoms with Crippen LogP contribution in [0.4, 0.5) is 0 Å². The highest BCUT2D eigenvalue weighted by molar-refractivity contribution is 7.46. The summed E-state index contributed by atoms with van der Waals surface area (Å²) in [7, 11) is -4.56. The third kappa shape index (κ3) is 7.44. The van der Waals surface area contributed by atoms with Crippen LogP contribution < -0.4 is 0 Å². The first kappa shape index (κ1) is 14.0. The first-order chi connectivity index (χ1) is 6.37. The Balaban J connectivity index is 3.72. The summed E-state index contributed by atoms with van der Waals surface area (Å²) >= 11 is 0. The molecule has 0 aromatic carbocycles. The second-order valence-corrected chi connectivity index (χ2v) is 4.30. The van der Waals surface area contributed by atoms with Crippen molar-refractivity contribution in [2.24, 2.45) is 0 Å². The molecule has 0 rings (SSSR count). The van der Waals surface area contributed by atoms with Crippen LogP contribution in [0, 0.1) is 0 Å². The van der Waals surface area contributed by atoms with Crippen molar-refractivity contribution >= 4 is 7.82 Å². The van der Waals surface area contributed by atoms with Gasteiger partial charge in [-0.05, 0) is 6.42 Å². The van der Waals surface area contributed by atoms with Gasteiger partial charge in [-0.3, -0.25) is 4.52 Å². The lowest BCUT2D eigenvalue weighted by Crippen LogP contribution is -2.30. The fourth-order valence-electron chi connectivity index (χ4n) is 0.890. The van der Waals surface area contributed by atoms with Crippen LogP contribution in [0.5, 0.6) is 0 Å². The van der Waals surface area contributed by atoms with Crippen molar-refractivity contribution in [3.8, 4) is 0 Å². The molecule has 0 aromatic rings. The zero-order valence-corrected chi connectivity index (χ0v) is 8.93. The highest BCUT2D eigenvalue weighted by atomic mass is 31.2. The summed E-state index contributed by atoms with van der Waals surface area (Å²) < 4.78 is 14.3. The lowest BCUT2D eigenvalue weighted by molar-refractivity contribution is -0.0180. The van der Waals surface area contributed by atoms with Crippen LogP contribution in [-0.2, 0) is 9.09 Å². The minimum atomic E-state index is -4.56. The topological polar surface area (TPSA) is 107 Å². The van der Waals surface area contributed by atoms with Gasteiger partial charge in [0, 0.05) is 0 Å².